The quantitative estimate of drug-likeness (QED) is 0.527. The number of hydrogen-bond donors (Lipinski definition) is 0. The third-order valence-electron chi connectivity index (χ3n) is 2.88. The predicted molar refractivity (Wildman–Crippen MR) is 79.3 cm³/mol. The van der Waals surface area contributed by atoms with E-state index in [9.17, 15) is 10.1 Å². The second-order valence-electron chi connectivity index (χ2n) is 4.20. The molecule has 2 aromatic carbocycles. The molecule has 0 aliphatic rings. The zero-order valence-corrected chi connectivity index (χ0v) is 11.7. The molecule has 0 N–H and O–H groups in total. The van der Waals surface area contributed by atoms with Crippen molar-refractivity contribution >= 4 is 32.5 Å². The van der Waals surface area contributed by atoms with Gasteiger partial charge in [-0.25, -0.2) is 9.97 Å². The van der Waals surface area contributed by atoms with Crippen molar-refractivity contribution in [1.29, 1.82) is 0 Å². The Morgan fingerprint density at radius 3 is 2.55 bits per heavy atom. The topological polar surface area (TPSA) is 68.9 Å². The van der Waals surface area contributed by atoms with E-state index in [1.165, 1.54) is 12.1 Å². The first-order valence-electron chi connectivity index (χ1n) is 5.80. The normalized spacial score (nSPS) is 10.7. The van der Waals surface area contributed by atoms with Crippen molar-refractivity contribution in [2.24, 2.45) is 0 Å². The molecule has 3 aromatic rings. The van der Waals surface area contributed by atoms with E-state index in [1.807, 2.05) is 24.3 Å². The summed E-state index contributed by atoms with van der Waals surface area (Å²) in [5, 5.41) is 11.4. The van der Waals surface area contributed by atoms with Gasteiger partial charge in [-0.1, -0.05) is 28.1 Å². The minimum Gasteiger partial charge on any atom is -0.258 e. The van der Waals surface area contributed by atoms with Gasteiger partial charge < -0.3 is 0 Å². The van der Waals surface area contributed by atoms with E-state index in [1.54, 1.807) is 12.3 Å². The van der Waals surface area contributed by atoms with Crippen LogP contribution in [0.4, 0.5) is 5.69 Å². The maximum absolute atomic E-state index is 10.7. The van der Waals surface area contributed by atoms with Crippen molar-refractivity contribution in [2.75, 3.05) is 0 Å². The maximum atomic E-state index is 10.7. The van der Waals surface area contributed by atoms with Crippen molar-refractivity contribution in [3.05, 3.63) is 63.2 Å². The Bertz CT molecular complexity index is 803. The fourth-order valence-corrected chi connectivity index (χ4v) is 2.14. The van der Waals surface area contributed by atoms with Crippen LogP contribution in [0.1, 0.15) is 0 Å². The van der Waals surface area contributed by atoms with Crippen molar-refractivity contribution < 1.29 is 4.92 Å². The molecular weight excluding hydrogens is 322 g/mol. The number of hydrogen-bond acceptors (Lipinski definition) is 4. The van der Waals surface area contributed by atoms with E-state index < -0.39 is 4.92 Å². The molecule has 5 nitrogen and oxygen atoms in total. The van der Waals surface area contributed by atoms with Crippen LogP contribution < -0.4 is 0 Å². The number of benzene rings is 2. The molecule has 0 aliphatic carbocycles. The molecule has 0 spiro atoms. The highest BCUT2D eigenvalue weighted by Gasteiger charge is 2.08. The Morgan fingerprint density at radius 2 is 1.85 bits per heavy atom. The molecule has 0 aliphatic heterocycles. The third-order valence-corrected chi connectivity index (χ3v) is 3.41. The summed E-state index contributed by atoms with van der Waals surface area (Å²) in [5.74, 6) is 0.596. The molecule has 1 aromatic heterocycles. The van der Waals surface area contributed by atoms with Crippen LogP contribution >= 0.6 is 15.9 Å². The molecule has 1 heterocycles. The van der Waals surface area contributed by atoms with Gasteiger partial charge in [0.2, 0.25) is 0 Å². The maximum Gasteiger partial charge on any atom is 0.270 e. The lowest BCUT2D eigenvalue weighted by atomic mass is 10.2. The molecular formula is C14H8BrN3O2. The molecule has 6 heteroatoms. The molecule has 0 saturated carbocycles. The zero-order valence-electron chi connectivity index (χ0n) is 10.2. The van der Waals surface area contributed by atoms with Gasteiger partial charge in [-0.3, -0.25) is 10.1 Å². The number of fused-ring (bicyclic) bond motifs is 1. The van der Waals surface area contributed by atoms with Gasteiger partial charge in [0, 0.05) is 33.8 Å². The summed E-state index contributed by atoms with van der Waals surface area (Å²) < 4.78 is 0.984. The van der Waals surface area contributed by atoms with E-state index in [-0.39, 0.29) is 5.69 Å². The van der Waals surface area contributed by atoms with Crippen molar-refractivity contribution in [3.8, 4) is 11.4 Å². The van der Waals surface area contributed by atoms with Gasteiger partial charge in [0.15, 0.2) is 5.82 Å². The van der Waals surface area contributed by atoms with Crippen molar-refractivity contribution in [2.45, 2.75) is 0 Å². The number of nitro benzene ring substituents is 1. The van der Waals surface area contributed by atoms with Gasteiger partial charge in [0.25, 0.3) is 5.69 Å². The van der Waals surface area contributed by atoms with Gasteiger partial charge >= 0.3 is 0 Å². The van der Waals surface area contributed by atoms with Crippen LogP contribution in [-0.4, -0.2) is 14.9 Å². The van der Waals surface area contributed by atoms with Gasteiger partial charge in [-0.2, -0.15) is 0 Å². The first kappa shape index (κ1) is 12.7. The number of nitrogens with zero attached hydrogens (tertiary/aromatic N) is 3. The van der Waals surface area contributed by atoms with Gasteiger partial charge in [-0.15, -0.1) is 0 Å². The van der Waals surface area contributed by atoms with E-state index in [0.29, 0.717) is 16.7 Å². The smallest absolute Gasteiger partial charge is 0.258 e. The largest absolute Gasteiger partial charge is 0.270 e. The average molecular weight is 330 g/mol. The average Bonchev–Trinajstić information content (AvgIpc) is 2.47. The van der Waals surface area contributed by atoms with E-state index in [2.05, 4.69) is 25.9 Å². The summed E-state index contributed by atoms with van der Waals surface area (Å²) in [5.41, 5.74) is 1.62. The standard InChI is InChI=1S/C14H8BrN3O2/c15-11-3-1-9(2-4-11)14-16-8-10-7-12(18(19)20)5-6-13(10)17-14/h1-8H. The highest BCUT2D eigenvalue weighted by Crippen LogP contribution is 2.23. The number of halogens is 1. The van der Waals surface area contributed by atoms with E-state index in [0.717, 1.165) is 10.0 Å². The summed E-state index contributed by atoms with van der Waals surface area (Å²) in [6, 6.07) is 12.2. The van der Waals surface area contributed by atoms with Crippen LogP contribution in [0, 0.1) is 10.1 Å². The Balaban J connectivity index is 2.09. The molecule has 0 bridgehead atoms. The molecule has 0 fully saturated rings. The summed E-state index contributed by atoms with van der Waals surface area (Å²) in [6.45, 7) is 0. The van der Waals surface area contributed by atoms with Crippen LogP contribution in [0.5, 0.6) is 0 Å². The second kappa shape index (κ2) is 4.97. The Hall–Kier alpha value is -2.34. The third kappa shape index (κ3) is 2.37. The molecule has 0 unspecified atom stereocenters. The highest BCUT2D eigenvalue weighted by atomic mass is 79.9. The van der Waals surface area contributed by atoms with Crippen molar-refractivity contribution in [3.63, 3.8) is 0 Å². The summed E-state index contributed by atoms with van der Waals surface area (Å²) >= 11 is 3.37. The van der Waals surface area contributed by atoms with Crippen LogP contribution in [-0.2, 0) is 0 Å². The summed E-state index contributed by atoms with van der Waals surface area (Å²) in [7, 11) is 0. The number of rotatable bonds is 2. The Labute approximate surface area is 122 Å². The fraction of sp³-hybridized carbons (Fsp3) is 0. The highest BCUT2D eigenvalue weighted by molar-refractivity contribution is 9.10. The molecule has 98 valence electrons. The zero-order chi connectivity index (χ0) is 14.1. The van der Waals surface area contributed by atoms with E-state index in [4.69, 9.17) is 0 Å². The van der Waals surface area contributed by atoms with Crippen LogP contribution in [0.2, 0.25) is 0 Å². The second-order valence-corrected chi connectivity index (χ2v) is 5.12. The Morgan fingerprint density at radius 1 is 1.10 bits per heavy atom. The molecule has 3 rings (SSSR count). The first-order chi connectivity index (χ1) is 9.63. The molecule has 20 heavy (non-hydrogen) atoms. The fourth-order valence-electron chi connectivity index (χ4n) is 1.87. The number of aromatic nitrogens is 2. The predicted octanol–water partition coefficient (Wildman–Crippen LogP) is 3.97. The lowest BCUT2D eigenvalue weighted by Gasteiger charge is -2.02. The van der Waals surface area contributed by atoms with Gasteiger partial charge in [-0.05, 0) is 18.2 Å². The number of non-ortho nitro benzene ring substituents is 1. The minimum absolute atomic E-state index is 0.0393. The first-order valence-corrected chi connectivity index (χ1v) is 6.60. The molecule has 0 radical (unpaired) electrons. The monoisotopic (exact) mass is 329 g/mol. The molecule has 0 atom stereocenters. The van der Waals surface area contributed by atoms with Crippen LogP contribution in [0.25, 0.3) is 22.3 Å². The summed E-state index contributed by atoms with van der Waals surface area (Å²) in [6.07, 6.45) is 1.60. The Kier molecular flexibility index (Phi) is 3.15. The SMILES string of the molecule is O=[N+]([O-])c1ccc2nc(-c3ccc(Br)cc3)ncc2c1. The lowest BCUT2D eigenvalue weighted by molar-refractivity contribution is -0.384. The van der Waals surface area contributed by atoms with Crippen molar-refractivity contribution in [1.82, 2.24) is 9.97 Å². The molecule has 0 amide bonds. The van der Waals surface area contributed by atoms with Gasteiger partial charge in [0.05, 0.1) is 10.4 Å². The number of nitro groups is 1. The van der Waals surface area contributed by atoms with Crippen LogP contribution in [0.15, 0.2) is 53.1 Å². The lowest BCUT2D eigenvalue weighted by Crippen LogP contribution is -1.92. The summed E-state index contributed by atoms with van der Waals surface area (Å²) in [4.78, 5) is 19.0. The van der Waals surface area contributed by atoms with E-state index >= 15 is 0 Å². The van der Waals surface area contributed by atoms with Gasteiger partial charge in [0.1, 0.15) is 0 Å². The minimum atomic E-state index is -0.428. The van der Waals surface area contributed by atoms with Crippen LogP contribution in [0.3, 0.4) is 0 Å². The molecule has 0 saturated heterocycles.